The molecule has 0 fully saturated rings. The van der Waals surface area contributed by atoms with Crippen LogP contribution in [-0.4, -0.2) is 26.1 Å². The fourth-order valence-corrected chi connectivity index (χ4v) is 5.32. The molecular weight excluding hydrogens is 522 g/mol. The Bertz CT molecular complexity index is 1460. The van der Waals surface area contributed by atoms with Crippen LogP contribution in [0.1, 0.15) is 23.5 Å². The molecule has 1 heterocycles. The van der Waals surface area contributed by atoms with Gasteiger partial charge in [-0.25, -0.2) is 13.6 Å². The molecular formula is C23H20BrN5O4S. The van der Waals surface area contributed by atoms with Gasteiger partial charge in [0.25, 0.3) is 0 Å². The number of primary sulfonamides is 1. The van der Waals surface area contributed by atoms with Crippen LogP contribution >= 0.6 is 15.9 Å². The monoisotopic (exact) mass is 541 g/mol. The maximum Gasteiger partial charge on any atom is 0.240 e. The molecule has 1 aliphatic rings. The number of hydrogen-bond acceptors (Lipinski definition) is 5. The highest BCUT2D eigenvalue weighted by Crippen LogP contribution is 2.38. The Morgan fingerprint density at radius 1 is 1.09 bits per heavy atom. The van der Waals surface area contributed by atoms with E-state index in [1.165, 1.54) is 6.07 Å². The number of nitrogen functional groups attached to an aromatic ring is 1. The standard InChI is InChI=1S/C23H20BrN5O4S/c24-17-6-2-1-4-13(17)14-5-3-7-19(21(14)34(27,32)33)28-20(30)11-16-15-10-12(22(25)26)8-9-18(15)29-23(16)31/h1-10,16H,11H2,(H3,25,26)(H,28,30)(H,29,31)(H2,27,32,33). The minimum absolute atomic E-state index is 0.0110. The summed E-state index contributed by atoms with van der Waals surface area (Å²) in [5.74, 6) is -1.93. The normalized spacial score (nSPS) is 14.9. The number of sulfonamides is 1. The molecule has 34 heavy (non-hydrogen) atoms. The predicted octanol–water partition coefficient (Wildman–Crippen LogP) is 3.11. The van der Waals surface area contributed by atoms with Crippen LogP contribution in [-0.2, 0) is 19.6 Å². The second kappa shape index (κ2) is 9.01. The summed E-state index contributed by atoms with van der Waals surface area (Å²) < 4.78 is 25.7. The lowest BCUT2D eigenvalue weighted by molar-refractivity contribution is -0.122. The smallest absolute Gasteiger partial charge is 0.240 e. The number of halogens is 1. The predicted molar refractivity (Wildman–Crippen MR) is 133 cm³/mol. The molecule has 3 aromatic carbocycles. The Hall–Kier alpha value is -3.54. The highest BCUT2D eigenvalue weighted by Gasteiger charge is 2.33. The van der Waals surface area contributed by atoms with Crippen molar-refractivity contribution in [2.75, 3.05) is 10.6 Å². The molecule has 0 spiro atoms. The molecule has 1 atom stereocenters. The van der Waals surface area contributed by atoms with Crippen LogP contribution in [0.3, 0.4) is 0 Å². The van der Waals surface area contributed by atoms with Crippen molar-refractivity contribution in [1.29, 1.82) is 5.41 Å². The van der Waals surface area contributed by atoms with Gasteiger partial charge >= 0.3 is 0 Å². The third-order valence-electron chi connectivity index (χ3n) is 5.44. The zero-order valence-corrected chi connectivity index (χ0v) is 20.0. The Labute approximate surface area is 204 Å². The largest absolute Gasteiger partial charge is 0.384 e. The Morgan fingerprint density at radius 3 is 2.47 bits per heavy atom. The molecule has 174 valence electrons. The number of fused-ring (bicyclic) bond motifs is 1. The van der Waals surface area contributed by atoms with Crippen molar-refractivity contribution in [3.8, 4) is 11.1 Å². The van der Waals surface area contributed by atoms with Crippen molar-refractivity contribution < 1.29 is 18.0 Å². The molecule has 0 saturated heterocycles. The summed E-state index contributed by atoms with van der Waals surface area (Å²) in [4.78, 5) is 25.2. The lowest BCUT2D eigenvalue weighted by atomic mass is 9.95. The average Bonchev–Trinajstić information content (AvgIpc) is 3.07. The molecule has 0 aliphatic carbocycles. The number of hydrogen-bond donors (Lipinski definition) is 5. The van der Waals surface area contributed by atoms with Gasteiger partial charge in [0.1, 0.15) is 10.7 Å². The minimum Gasteiger partial charge on any atom is -0.384 e. The summed E-state index contributed by atoms with van der Waals surface area (Å²) in [6.07, 6.45) is -0.247. The molecule has 1 unspecified atom stereocenters. The molecule has 0 radical (unpaired) electrons. The van der Waals surface area contributed by atoms with Crippen molar-refractivity contribution >= 4 is 55.0 Å². The fraction of sp³-hybridized carbons (Fsp3) is 0.0870. The van der Waals surface area contributed by atoms with Crippen LogP contribution in [0.15, 0.2) is 70.0 Å². The first kappa shape index (κ1) is 23.6. The van der Waals surface area contributed by atoms with Gasteiger partial charge in [-0.1, -0.05) is 46.3 Å². The first-order valence-corrected chi connectivity index (χ1v) is 12.4. The number of benzene rings is 3. The lowest BCUT2D eigenvalue weighted by Crippen LogP contribution is -2.23. The van der Waals surface area contributed by atoms with Crippen LogP contribution in [0.4, 0.5) is 11.4 Å². The zero-order valence-electron chi connectivity index (χ0n) is 17.6. The maximum atomic E-state index is 12.9. The number of carbonyl (C=O) groups is 2. The quantitative estimate of drug-likeness (QED) is 0.238. The summed E-state index contributed by atoms with van der Waals surface area (Å²) in [7, 11) is -4.23. The molecule has 0 aromatic heterocycles. The third-order valence-corrected chi connectivity index (χ3v) is 7.14. The first-order chi connectivity index (χ1) is 16.1. The molecule has 0 saturated carbocycles. The van der Waals surface area contributed by atoms with Gasteiger partial charge < -0.3 is 16.4 Å². The molecule has 3 aromatic rings. The highest BCUT2D eigenvalue weighted by atomic mass is 79.9. The van der Waals surface area contributed by atoms with Gasteiger partial charge in [-0.05, 0) is 41.5 Å². The van der Waals surface area contributed by atoms with E-state index < -0.39 is 21.8 Å². The average molecular weight is 542 g/mol. The number of anilines is 2. The number of nitrogens with two attached hydrogens (primary N) is 2. The van der Waals surface area contributed by atoms with Gasteiger partial charge in [-0.3, -0.25) is 15.0 Å². The van der Waals surface area contributed by atoms with Crippen LogP contribution in [0.25, 0.3) is 11.1 Å². The van der Waals surface area contributed by atoms with Crippen molar-refractivity contribution in [3.05, 3.63) is 76.3 Å². The maximum absolute atomic E-state index is 12.9. The topological polar surface area (TPSA) is 168 Å². The SMILES string of the molecule is N=C(N)c1ccc2c(c1)C(CC(=O)Nc1cccc(-c3ccccc3Br)c1S(N)(=O)=O)C(=O)N2. The second-order valence-electron chi connectivity index (χ2n) is 7.72. The van der Waals surface area contributed by atoms with E-state index in [0.29, 0.717) is 32.4 Å². The van der Waals surface area contributed by atoms with Crippen molar-refractivity contribution in [1.82, 2.24) is 0 Å². The van der Waals surface area contributed by atoms with Gasteiger partial charge in [0.15, 0.2) is 0 Å². The van der Waals surface area contributed by atoms with Crippen LogP contribution in [0.2, 0.25) is 0 Å². The molecule has 4 rings (SSSR count). The third kappa shape index (κ3) is 4.58. The van der Waals surface area contributed by atoms with Crippen LogP contribution in [0.5, 0.6) is 0 Å². The van der Waals surface area contributed by atoms with E-state index in [0.717, 1.165) is 0 Å². The molecule has 9 nitrogen and oxygen atoms in total. The number of amides is 2. The Morgan fingerprint density at radius 2 is 1.79 bits per heavy atom. The van der Waals surface area contributed by atoms with Gasteiger partial charge in [-0.15, -0.1) is 0 Å². The van der Waals surface area contributed by atoms with E-state index in [2.05, 4.69) is 26.6 Å². The number of carbonyl (C=O) groups excluding carboxylic acids is 2. The van der Waals surface area contributed by atoms with E-state index in [1.807, 2.05) is 0 Å². The molecule has 0 bridgehead atoms. The van der Waals surface area contributed by atoms with Crippen LogP contribution in [0, 0.1) is 5.41 Å². The fourth-order valence-electron chi connectivity index (χ4n) is 3.92. The van der Waals surface area contributed by atoms with Gasteiger partial charge in [0.2, 0.25) is 21.8 Å². The van der Waals surface area contributed by atoms with E-state index in [-0.39, 0.29) is 28.7 Å². The Kier molecular flexibility index (Phi) is 6.26. The van der Waals surface area contributed by atoms with Crippen molar-refractivity contribution in [3.63, 3.8) is 0 Å². The first-order valence-electron chi connectivity index (χ1n) is 10.1. The van der Waals surface area contributed by atoms with Gasteiger partial charge in [0, 0.05) is 27.7 Å². The molecule has 7 N–H and O–H groups in total. The van der Waals surface area contributed by atoms with E-state index in [9.17, 15) is 18.0 Å². The molecule has 11 heteroatoms. The molecule has 2 amide bonds. The summed E-state index contributed by atoms with van der Waals surface area (Å²) in [6.45, 7) is 0. The second-order valence-corrected chi connectivity index (χ2v) is 10.1. The zero-order chi connectivity index (χ0) is 24.6. The number of nitrogens with one attached hydrogen (secondary N) is 3. The summed E-state index contributed by atoms with van der Waals surface area (Å²) in [5, 5.41) is 18.4. The highest BCUT2D eigenvalue weighted by molar-refractivity contribution is 9.10. The van der Waals surface area contributed by atoms with Gasteiger partial charge in [-0.2, -0.15) is 0 Å². The summed E-state index contributed by atoms with van der Waals surface area (Å²) in [6, 6.07) is 16.5. The van der Waals surface area contributed by atoms with Crippen LogP contribution < -0.4 is 21.5 Å². The summed E-state index contributed by atoms with van der Waals surface area (Å²) >= 11 is 3.41. The number of amidine groups is 1. The van der Waals surface area contributed by atoms with E-state index in [1.54, 1.807) is 54.6 Å². The van der Waals surface area contributed by atoms with E-state index >= 15 is 0 Å². The number of rotatable bonds is 6. The minimum atomic E-state index is -4.23. The Balaban J connectivity index is 1.67. The molecule has 1 aliphatic heterocycles. The van der Waals surface area contributed by atoms with Gasteiger partial charge in [0.05, 0.1) is 11.6 Å². The summed E-state index contributed by atoms with van der Waals surface area (Å²) in [5.41, 5.74) is 7.98. The van der Waals surface area contributed by atoms with Crippen molar-refractivity contribution in [2.24, 2.45) is 10.9 Å². The lowest BCUT2D eigenvalue weighted by Gasteiger charge is -2.16. The van der Waals surface area contributed by atoms with E-state index in [4.69, 9.17) is 16.3 Å². The van der Waals surface area contributed by atoms with Crippen molar-refractivity contribution in [2.45, 2.75) is 17.2 Å².